The number of phenols is 2. The maximum atomic E-state index is 13.6. The van der Waals surface area contributed by atoms with Crippen LogP contribution in [-0.2, 0) is 20.7 Å². The van der Waals surface area contributed by atoms with E-state index in [-0.39, 0.29) is 41.0 Å². The largest absolute Gasteiger partial charge is 0.507 e. The number of fused-ring (bicyclic) bond motifs is 3. The average Bonchev–Trinajstić information content (AvgIpc) is 2.89. The molecule has 1 heterocycles. The highest BCUT2D eigenvalue weighted by molar-refractivity contribution is 6.31. The van der Waals surface area contributed by atoms with Crippen molar-refractivity contribution in [3.63, 3.8) is 0 Å². The van der Waals surface area contributed by atoms with Gasteiger partial charge in [0, 0.05) is 36.0 Å². The second-order valence-electron chi connectivity index (χ2n) is 9.49. The van der Waals surface area contributed by atoms with Crippen LogP contribution in [0.2, 0.25) is 0 Å². The van der Waals surface area contributed by atoms with Crippen molar-refractivity contribution in [2.75, 3.05) is 20.3 Å². The van der Waals surface area contributed by atoms with E-state index in [0.717, 1.165) is 0 Å². The Labute approximate surface area is 210 Å². The number of methoxy groups -OCH3 is 1. The molecule has 0 saturated carbocycles. The number of rotatable bonds is 5. The Morgan fingerprint density at radius 1 is 1.11 bits per heavy atom. The van der Waals surface area contributed by atoms with Gasteiger partial charge in [0.15, 0.2) is 17.9 Å². The molecular formula is C26H26O11. The molecule has 11 heteroatoms. The smallest absolute Gasteiger partial charge is 0.202 e. The minimum Gasteiger partial charge on any atom is -0.507 e. The van der Waals surface area contributed by atoms with E-state index < -0.39 is 83.5 Å². The first kappa shape index (κ1) is 25.3. The summed E-state index contributed by atoms with van der Waals surface area (Å²) in [5.74, 6) is -3.63. The molecule has 0 bridgehead atoms. The molecule has 1 saturated heterocycles. The van der Waals surface area contributed by atoms with Crippen LogP contribution in [-0.4, -0.2) is 81.2 Å². The van der Waals surface area contributed by atoms with Gasteiger partial charge >= 0.3 is 0 Å². The van der Waals surface area contributed by atoms with Crippen LogP contribution >= 0.6 is 0 Å². The lowest BCUT2D eigenvalue weighted by Gasteiger charge is -2.40. The number of carbonyl (C=O) groups excluding carboxylic acids is 3. The van der Waals surface area contributed by atoms with E-state index in [2.05, 4.69) is 0 Å². The van der Waals surface area contributed by atoms with Crippen molar-refractivity contribution in [1.29, 1.82) is 0 Å². The van der Waals surface area contributed by atoms with E-state index in [1.807, 2.05) is 0 Å². The monoisotopic (exact) mass is 514 g/mol. The Bertz CT molecular complexity index is 1310. The van der Waals surface area contributed by atoms with Gasteiger partial charge in [-0.05, 0) is 12.5 Å². The molecule has 4 atom stereocenters. The number of benzene rings is 2. The number of phenolic OH excluding ortho intramolecular Hbond substituents is 2. The minimum atomic E-state index is -2.19. The van der Waals surface area contributed by atoms with Crippen molar-refractivity contribution in [3.05, 3.63) is 51.6 Å². The molecule has 37 heavy (non-hydrogen) atoms. The Morgan fingerprint density at radius 3 is 2.49 bits per heavy atom. The van der Waals surface area contributed by atoms with Crippen molar-refractivity contribution in [2.45, 2.75) is 49.8 Å². The van der Waals surface area contributed by atoms with Crippen LogP contribution < -0.4 is 4.74 Å². The zero-order valence-electron chi connectivity index (χ0n) is 19.9. The van der Waals surface area contributed by atoms with Gasteiger partial charge in [-0.1, -0.05) is 12.1 Å². The maximum Gasteiger partial charge on any atom is 0.202 e. The van der Waals surface area contributed by atoms with Gasteiger partial charge in [-0.15, -0.1) is 0 Å². The lowest BCUT2D eigenvalue weighted by atomic mass is 9.72. The zero-order valence-corrected chi connectivity index (χ0v) is 19.9. The molecule has 2 aromatic rings. The fraction of sp³-hybridized carbons (Fsp3) is 0.423. The number of aliphatic hydroxyl groups is 3. The van der Waals surface area contributed by atoms with Crippen molar-refractivity contribution in [2.24, 2.45) is 0 Å². The Hall–Kier alpha value is -3.35. The van der Waals surface area contributed by atoms with Crippen LogP contribution in [0.5, 0.6) is 17.2 Å². The summed E-state index contributed by atoms with van der Waals surface area (Å²) < 4.78 is 16.7. The van der Waals surface area contributed by atoms with Gasteiger partial charge in [-0.25, -0.2) is 0 Å². The first-order valence-corrected chi connectivity index (χ1v) is 11.8. The fourth-order valence-corrected chi connectivity index (χ4v) is 5.40. The molecule has 1 fully saturated rings. The molecule has 0 aromatic heterocycles. The summed E-state index contributed by atoms with van der Waals surface area (Å²) in [4.78, 5) is 39.5. The lowest BCUT2D eigenvalue weighted by Crippen LogP contribution is -2.48. The van der Waals surface area contributed by atoms with E-state index in [1.165, 1.54) is 25.3 Å². The SMILES string of the molecule is COc1cccc2c1C(=O)c1c(O)c3c(c(O)c1C2=O)C[C@@](O)(C(=O)CO)C[C@@H]3O[C@H]1CC[C@H](O)CO1. The topological polar surface area (TPSA) is 180 Å². The van der Waals surface area contributed by atoms with Crippen LogP contribution in [0.25, 0.3) is 0 Å². The number of carbonyl (C=O) groups is 3. The highest BCUT2D eigenvalue weighted by atomic mass is 16.7. The third-order valence-corrected chi connectivity index (χ3v) is 7.26. The molecule has 0 unspecified atom stereocenters. The molecule has 3 aliphatic rings. The Balaban J connectivity index is 1.69. The molecular weight excluding hydrogens is 488 g/mol. The molecule has 1 aliphatic heterocycles. The van der Waals surface area contributed by atoms with Crippen molar-refractivity contribution in [3.8, 4) is 17.2 Å². The molecule has 0 spiro atoms. The predicted molar refractivity (Wildman–Crippen MR) is 124 cm³/mol. The van der Waals surface area contributed by atoms with Gasteiger partial charge < -0.3 is 39.7 Å². The number of aliphatic hydroxyl groups excluding tert-OH is 2. The normalized spacial score (nSPS) is 26.8. The van der Waals surface area contributed by atoms with Crippen molar-refractivity contribution in [1.82, 2.24) is 0 Å². The number of hydrogen-bond donors (Lipinski definition) is 5. The van der Waals surface area contributed by atoms with Crippen molar-refractivity contribution >= 4 is 17.3 Å². The lowest BCUT2D eigenvalue weighted by molar-refractivity contribution is -0.219. The number of ether oxygens (including phenoxy) is 3. The molecule has 5 rings (SSSR count). The summed E-state index contributed by atoms with van der Waals surface area (Å²) in [7, 11) is 1.33. The van der Waals surface area contributed by atoms with E-state index in [4.69, 9.17) is 14.2 Å². The van der Waals surface area contributed by atoms with Gasteiger partial charge in [0.1, 0.15) is 29.5 Å². The summed E-state index contributed by atoms with van der Waals surface area (Å²) in [5.41, 5.74) is -3.42. The summed E-state index contributed by atoms with van der Waals surface area (Å²) in [6.45, 7) is -1.01. The molecule has 5 N–H and O–H groups in total. The molecule has 0 radical (unpaired) electrons. The first-order valence-electron chi connectivity index (χ1n) is 11.8. The fourth-order valence-electron chi connectivity index (χ4n) is 5.40. The van der Waals surface area contributed by atoms with E-state index in [1.54, 1.807) is 0 Å². The van der Waals surface area contributed by atoms with Crippen LogP contribution in [0.15, 0.2) is 18.2 Å². The summed E-state index contributed by atoms with van der Waals surface area (Å²) in [6.07, 6.45) is -3.17. The molecule has 196 valence electrons. The van der Waals surface area contributed by atoms with Gasteiger partial charge in [-0.2, -0.15) is 0 Å². The van der Waals surface area contributed by atoms with Crippen LogP contribution in [0.3, 0.4) is 0 Å². The highest BCUT2D eigenvalue weighted by Gasteiger charge is 2.49. The number of ketones is 3. The molecule has 2 aliphatic carbocycles. The zero-order chi connectivity index (χ0) is 26.6. The summed E-state index contributed by atoms with van der Waals surface area (Å²) in [5, 5.41) is 53.0. The summed E-state index contributed by atoms with van der Waals surface area (Å²) in [6, 6.07) is 4.39. The second kappa shape index (κ2) is 9.19. The van der Waals surface area contributed by atoms with Gasteiger partial charge in [-0.3, -0.25) is 14.4 Å². The van der Waals surface area contributed by atoms with E-state index >= 15 is 0 Å². The van der Waals surface area contributed by atoms with Crippen LogP contribution in [0, 0.1) is 0 Å². The number of Topliss-reactive ketones (excluding diaryl/α,β-unsaturated/α-hetero) is 1. The van der Waals surface area contributed by atoms with Crippen LogP contribution in [0.1, 0.15) is 68.3 Å². The molecule has 0 amide bonds. The maximum absolute atomic E-state index is 13.6. The number of hydrogen-bond acceptors (Lipinski definition) is 11. The Kier molecular flexibility index (Phi) is 6.29. The van der Waals surface area contributed by atoms with E-state index in [9.17, 15) is 39.9 Å². The quantitative estimate of drug-likeness (QED) is 0.302. The van der Waals surface area contributed by atoms with Gasteiger partial charge in [0.2, 0.25) is 5.78 Å². The van der Waals surface area contributed by atoms with Gasteiger partial charge in [0.05, 0.1) is 42.6 Å². The highest BCUT2D eigenvalue weighted by Crippen LogP contribution is 2.52. The number of aromatic hydroxyl groups is 2. The van der Waals surface area contributed by atoms with Gasteiger partial charge in [0.25, 0.3) is 0 Å². The molecule has 2 aromatic carbocycles. The summed E-state index contributed by atoms with van der Waals surface area (Å²) >= 11 is 0. The average molecular weight is 514 g/mol. The predicted octanol–water partition coefficient (Wildman–Crippen LogP) is 0.676. The van der Waals surface area contributed by atoms with E-state index in [0.29, 0.717) is 6.42 Å². The van der Waals surface area contributed by atoms with Crippen molar-refractivity contribution < 1.29 is 54.1 Å². The standard InChI is InChI=1S/C26H26O11/c1-35-14-4-2-3-12-18(14)24(32)21-20(22(12)30)23(31)13-7-26(34,16(29)9-27)8-15(19(13)25(21)33)37-17-6-5-11(28)10-36-17/h2-4,11,15,17,27-28,31,33-34H,5-10H2,1H3/t11-,15-,17-,26-/m0/s1. The third-order valence-electron chi connectivity index (χ3n) is 7.26. The first-order chi connectivity index (χ1) is 17.6. The minimum absolute atomic E-state index is 0.0188. The molecule has 11 nitrogen and oxygen atoms in total. The Morgan fingerprint density at radius 2 is 1.84 bits per heavy atom. The third kappa shape index (κ3) is 3.90. The second-order valence-corrected chi connectivity index (χ2v) is 9.49. The van der Waals surface area contributed by atoms with Crippen LogP contribution in [0.4, 0.5) is 0 Å².